The minimum absolute atomic E-state index is 0.0127. The molecule has 0 aliphatic heterocycles. The lowest BCUT2D eigenvalue weighted by Crippen LogP contribution is -2.19. The van der Waals surface area contributed by atoms with E-state index < -0.39 is 6.61 Å². The number of hydrogen-bond donors (Lipinski definition) is 2. The van der Waals surface area contributed by atoms with Crippen LogP contribution in [-0.4, -0.2) is 28.1 Å². The lowest BCUT2D eigenvalue weighted by Gasteiger charge is -2.13. The lowest BCUT2D eigenvalue weighted by molar-refractivity contribution is -0.0493. The van der Waals surface area contributed by atoms with Crippen LogP contribution < -0.4 is 15.4 Å². The summed E-state index contributed by atoms with van der Waals surface area (Å²) in [6.45, 7) is -0.0932. The van der Waals surface area contributed by atoms with Crippen molar-refractivity contribution < 1.29 is 18.3 Å². The number of halogens is 2. The number of para-hydroxylation sites is 2. The molecule has 0 unspecified atom stereocenters. The molecule has 9 heteroatoms. The number of alkyl halides is 2. The Morgan fingerprint density at radius 1 is 1.35 bits per heavy atom. The van der Waals surface area contributed by atoms with Gasteiger partial charge in [0.15, 0.2) is 5.11 Å². The van der Waals surface area contributed by atoms with Crippen LogP contribution in [0.15, 0.2) is 36.7 Å². The zero-order valence-corrected chi connectivity index (χ0v) is 13.1. The summed E-state index contributed by atoms with van der Waals surface area (Å²) in [7, 11) is 0. The molecule has 0 amide bonds. The summed E-state index contributed by atoms with van der Waals surface area (Å²) in [6.07, 6.45) is 3.29. The molecule has 1 aromatic heterocycles. The van der Waals surface area contributed by atoms with Gasteiger partial charge in [0.1, 0.15) is 12.5 Å². The number of aromatic nitrogens is 2. The molecule has 1 aromatic carbocycles. The fourth-order valence-corrected chi connectivity index (χ4v) is 1.96. The van der Waals surface area contributed by atoms with E-state index in [9.17, 15) is 8.78 Å². The molecule has 0 aliphatic carbocycles. The van der Waals surface area contributed by atoms with Crippen LogP contribution in [0.1, 0.15) is 6.92 Å². The molecule has 2 aromatic rings. The Bertz CT molecular complexity index is 651. The van der Waals surface area contributed by atoms with Crippen LogP contribution in [0.2, 0.25) is 0 Å². The van der Waals surface area contributed by atoms with Crippen molar-refractivity contribution in [2.45, 2.75) is 20.3 Å². The van der Waals surface area contributed by atoms with Gasteiger partial charge in [-0.25, -0.2) is 4.68 Å². The molecule has 0 aliphatic rings. The second-order valence-corrected chi connectivity index (χ2v) is 4.75. The largest absolute Gasteiger partial charge is 0.433 e. The molecule has 2 rings (SSSR count). The number of thiocarbonyl (C=S) groups is 1. The van der Waals surface area contributed by atoms with Gasteiger partial charge in [-0.05, 0) is 31.3 Å². The monoisotopic (exact) mass is 342 g/mol. The number of benzene rings is 1. The Hall–Kier alpha value is -2.26. The topological polar surface area (TPSA) is 60.3 Å². The standard InChI is InChI=1S/C14H16F2N4O2S/c1-2-21-9-20-8-10(7-17-20)18-14(23)19-11-5-3-4-6-12(11)22-13(15)16/h3-8,13H,2,9H2,1H3,(H2,18,19,23). The average Bonchev–Trinajstić information content (AvgIpc) is 2.94. The van der Waals surface area contributed by atoms with E-state index in [0.717, 1.165) is 0 Å². The minimum atomic E-state index is -2.91. The highest BCUT2D eigenvalue weighted by Gasteiger charge is 2.10. The molecule has 0 bridgehead atoms. The van der Waals surface area contributed by atoms with Gasteiger partial charge in [0.05, 0.1) is 23.8 Å². The molecular weight excluding hydrogens is 326 g/mol. The summed E-state index contributed by atoms with van der Waals surface area (Å²) in [5, 5.41) is 10.0. The quantitative estimate of drug-likeness (QED) is 0.753. The summed E-state index contributed by atoms with van der Waals surface area (Å²) < 4.78 is 36.0. The molecule has 2 N–H and O–H groups in total. The number of nitrogens with zero attached hydrogens (tertiary/aromatic N) is 2. The van der Waals surface area contributed by atoms with Gasteiger partial charge in [0, 0.05) is 6.61 Å². The first-order chi connectivity index (χ1) is 11.1. The van der Waals surface area contributed by atoms with Gasteiger partial charge in [0.2, 0.25) is 0 Å². The summed E-state index contributed by atoms with van der Waals surface area (Å²) in [6, 6.07) is 6.29. The second-order valence-electron chi connectivity index (χ2n) is 4.34. The molecule has 0 radical (unpaired) electrons. The Morgan fingerprint density at radius 2 is 2.13 bits per heavy atom. The summed E-state index contributed by atoms with van der Waals surface area (Å²) in [5.41, 5.74) is 0.987. The van der Waals surface area contributed by atoms with Crippen LogP contribution in [0.5, 0.6) is 5.75 Å². The van der Waals surface area contributed by atoms with Gasteiger partial charge in [-0.3, -0.25) is 0 Å². The minimum Gasteiger partial charge on any atom is -0.433 e. The van der Waals surface area contributed by atoms with Gasteiger partial charge in [-0.2, -0.15) is 13.9 Å². The molecule has 6 nitrogen and oxygen atoms in total. The van der Waals surface area contributed by atoms with E-state index in [1.54, 1.807) is 35.3 Å². The maximum absolute atomic E-state index is 12.4. The summed E-state index contributed by atoms with van der Waals surface area (Å²) in [5.74, 6) is 0.0127. The van der Waals surface area contributed by atoms with Crippen molar-refractivity contribution in [2.24, 2.45) is 0 Å². The van der Waals surface area contributed by atoms with E-state index >= 15 is 0 Å². The third-order valence-electron chi connectivity index (χ3n) is 2.67. The van der Waals surface area contributed by atoms with Crippen LogP contribution in [-0.2, 0) is 11.5 Å². The van der Waals surface area contributed by atoms with Crippen molar-refractivity contribution in [1.29, 1.82) is 0 Å². The third kappa shape index (κ3) is 5.46. The Balaban J connectivity index is 1.96. The molecule has 23 heavy (non-hydrogen) atoms. The van der Waals surface area contributed by atoms with Gasteiger partial charge >= 0.3 is 6.61 Å². The predicted octanol–water partition coefficient (Wildman–Crippen LogP) is 3.29. The average molecular weight is 342 g/mol. The highest BCUT2D eigenvalue weighted by atomic mass is 32.1. The van der Waals surface area contributed by atoms with Crippen LogP contribution >= 0.6 is 12.2 Å². The van der Waals surface area contributed by atoms with Gasteiger partial charge in [0.25, 0.3) is 0 Å². The fourth-order valence-electron chi connectivity index (χ4n) is 1.74. The van der Waals surface area contributed by atoms with Crippen molar-refractivity contribution in [1.82, 2.24) is 9.78 Å². The van der Waals surface area contributed by atoms with Gasteiger partial charge in [-0.15, -0.1) is 0 Å². The molecule has 0 fully saturated rings. The molecule has 0 saturated heterocycles. The number of hydrogen-bond acceptors (Lipinski definition) is 4. The fraction of sp³-hybridized carbons (Fsp3) is 0.286. The van der Waals surface area contributed by atoms with Crippen molar-refractivity contribution >= 4 is 28.7 Å². The van der Waals surface area contributed by atoms with Crippen molar-refractivity contribution in [3.05, 3.63) is 36.7 Å². The maximum atomic E-state index is 12.4. The normalized spacial score (nSPS) is 10.6. The van der Waals surface area contributed by atoms with E-state index in [1.807, 2.05) is 6.92 Å². The molecular formula is C14H16F2N4O2S. The van der Waals surface area contributed by atoms with E-state index in [1.165, 1.54) is 6.07 Å². The van der Waals surface area contributed by atoms with Gasteiger partial charge in [-0.1, -0.05) is 12.1 Å². The summed E-state index contributed by atoms with van der Waals surface area (Å²) in [4.78, 5) is 0. The second kappa shape index (κ2) is 8.39. The smallest absolute Gasteiger partial charge is 0.387 e. The Kier molecular flexibility index (Phi) is 6.24. The zero-order valence-electron chi connectivity index (χ0n) is 12.3. The van der Waals surface area contributed by atoms with Crippen molar-refractivity contribution in [2.75, 3.05) is 17.2 Å². The highest BCUT2D eigenvalue weighted by Crippen LogP contribution is 2.25. The van der Waals surface area contributed by atoms with Crippen LogP contribution in [0.3, 0.4) is 0 Å². The third-order valence-corrected chi connectivity index (χ3v) is 2.87. The van der Waals surface area contributed by atoms with Crippen molar-refractivity contribution in [3.63, 3.8) is 0 Å². The molecule has 1 heterocycles. The SMILES string of the molecule is CCOCn1cc(NC(=S)Nc2ccccc2OC(F)F)cn1. The Labute approximate surface area is 137 Å². The van der Waals surface area contributed by atoms with Crippen molar-refractivity contribution in [3.8, 4) is 5.75 Å². The van der Waals surface area contributed by atoms with E-state index in [0.29, 0.717) is 24.7 Å². The number of rotatable bonds is 7. The van der Waals surface area contributed by atoms with Crippen LogP contribution in [0.4, 0.5) is 20.2 Å². The highest BCUT2D eigenvalue weighted by molar-refractivity contribution is 7.80. The van der Waals surface area contributed by atoms with Crippen LogP contribution in [0.25, 0.3) is 0 Å². The molecule has 0 spiro atoms. The molecule has 0 saturated carbocycles. The lowest BCUT2D eigenvalue weighted by atomic mass is 10.3. The first-order valence-corrected chi connectivity index (χ1v) is 7.21. The van der Waals surface area contributed by atoms with E-state index in [4.69, 9.17) is 17.0 Å². The maximum Gasteiger partial charge on any atom is 0.387 e. The first-order valence-electron chi connectivity index (χ1n) is 6.80. The molecule has 124 valence electrons. The van der Waals surface area contributed by atoms with Gasteiger partial charge < -0.3 is 20.1 Å². The predicted molar refractivity (Wildman–Crippen MR) is 86.8 cm³/mol. The summed E-state index contributed by atoms with van der Waals surface area (Å²) >= 11 is 5.15. The zero-order chi connectivity index (χ0) is 16.7. The molecule has 0 atom stereocenters. The number of ether oxygens (including phenoxy) is 2. The van der Waals surface area contributed by atoms with E-state index in [2.05, 4.69) is 20.5 Å². The number of anilines is 2. The Morgan fingerprint density at radius 3 is 2.87 bits per heavy atom. The van der Waals surface area contributed by atoms with Crippen LogP contribution in [0, 0.1) is 0 Å². The number of nitrogens with one attached hydrogen (secondary N) is 2. The van der Waals surface area contributed by atoms with E-state index in [-0.39, 0.29) is 10.9 Å². The first kappa shape index (κ1) is 17.1.